The monoisotopic (exact) mass is 351 g/mol. The highest BCUT2D eigenvalue weighted by molar-refractivity contribution is 6.30. The standard InChI is InChI=1S/C18H26ClN3O2/c19-16-3-1-2-15(10-16)17(22-6-8-24-9-7-22)12-21-18(23)13-20-11-14-4-5-14/h1-3,10,14,17,20H,4-9,11-13H2,(H,21,23). The summed E-state index contributed by atoms with van der Waals surface area (Å²) in [5.74, 6) is 0.835. The average molecular weight is 352 g/mol. The van der Waals surface area contributed by atoms with E-state index in [9.17, 15) is 4.79 Å². The predicted octanol–water partition coefficient (Wildman–Crippen LogP) is 1.83. The molecule has 0 radical (unpaired) electrons. The highest BCUT2D eigenvalue weighted by Gasteiger charge is 2.24. The quantitative estimate of drug-likeness (QED) is 0.750. The van der Waals surface area contributed by atoms with Gasteiger partial charge in [0.15, 0.2) is 0 Å². The summed E-state index contributed by atoms with van der Waals surface area (Å²) in [6.07, 6.45) is 2.59. The maximum absolute atomic E-state index is 12.1. The van der Waals surface area contributed by atoms with Gasteiger partial charge in [0.05, 0.1) is 25.8 Å². The van der Waals surface area contributed by atoms with Crippen molar-refractivity contribution in [2.75, 3.05) is 45.9 Å². The topological polar surface area (TPSA) is 53.6 Å². The third kappa shape index (κ3) is 5.45. The second-order valence-electron chi connectivity index (χ2n) is 6.60. The Balaban J connectivity index is 1.55. The second kappa shape index (κ2) is 8.81. The van der Waals surface area contributed by atoms with Crippen molar-refractivity contribution in [1.29, 1.82) is 0 Å². The third-order valence-corrected chi connectivity index (χ3v) is 4.86. The van der Waals surface area contributed by atoms with Gasteiger partial charge in [0.2, 0.25) is 5.91 Å². The molecular formula is C18H26ClN3O2. The van der Waals surface area contributed by atoms with Gasteiger partial charge in [-0.2, -0.15) is 0 Å². The largest absolute Gasteiger partial charge is 0.379 e. The Morgan fingerprint density at radius 1 is 1.33 bits per heavy atom. The Morgan fingerprint density at radius 2 is 2.12 bits per heavy atom. The zero-order valence-corrected chi connectivity index (χ0v) is 14.7. The van der Waals surface area contributed by atoms with E-state index in [0.29, 0.717) is 13.1 Å². The van der Waals surface area contributed by atoms with E-state index in [0.717, 1.165) is 49.4 Å². The molecule has 6 heteroatoms. The first kappa shape index (κ1) is 17.7. The molecule has 2 fully saturated rings. The van der Waals surface area contributed by atoms with E-state index in [4.69, 9.17) is 16.3 Å². The van der Waals surface area contributed by atoms with Crippen molar-refractivity contribution < 1.29 is 9.53 Å². The molecule has 1 saturated heterocycles. The summed E-state index contributed by atoms with van der Waals surface area (Å²) < 4.78 is 5.45. The molecule has 24 heavy (non-hydrogen) atoms. The maximum atomic E-state index is 12.1. The molecule has 1 aliphatic heterocycles. The van der Waals surface area contributed by atoms with Crippen molar-refractivity contribution in [2.24, 2.45) is 5.92 Å². The van der Waals surface area contributed by atoms with Gasteiger partial charge in [-0.05, 0) is 43.0 Å². The summed E-state index contributed by atoms with van der Waals surface area (Å²) in [5, 5.41) is 7.02. The van der Waals surface area contributed by atoms with Crippen molar-refractivity contribution >= 4 is 17.5 Å². The van der Waals surface area contributed by atoms with E-state index in [-0.39, 0.29) is 11.9 Å². The lowest BCUT2D eigenvalue weighted by molar-refractivity contribution is -0.120. The molecule has 1 aromatic carbocycles. The Hall–Kier alpha value is -1.14. The summed E-state index contributed by atoms with van der Waals surface area (Å²) in [6, 6.07) is 8.02. The summed E-state index contributed by atoms with van der Waals surface area (Å²) >= 11 is 6.15. The molecule has 2 aliphatic rings. The van der Waals surface area contributed by atoms with E-state index in [1.54, 1.807) is 0 Å². The van der Waals surface area contributed by atoms with Gasteiger partial charge in [0.25, 0.3) is 0 Å². The minimum atomic E-state index is 0.0518. The van der Waals surface area contributed by atoms with E-state index >= 15 is 0 Å². The molecule has 1 heterocycles. The van der Waals surface area contributed by atoms with Crippen LogP contribution >= 0.6 is 11.6 Å². The number of carbonyl (C=O) groups excluding carboxylic acids is 1. The minimum Gasteiger partial charge on any atom is -0.379 e. The summed E-state index contributed by atoms with van der Waals surface area (Å²) in [7, 11) is 0. The molecule has 1 aromatic rings. The van der Waals surface area contributed by atoms with Gasteiger partial charge in [-0.3, -0.25) is 9.69 Å². The van der Waals surface area contributed by atoms with Crippen LogP contribution in [-0.2, 0) is 9.53 Å². The number of rotatable bonds is 8. The molecular weight excluding hydrogens is 326 g/mol. The lowest BCUT2D eigenvalue weighted by Crippen LogP contribution is -2.45. The van der Waals surface area contributed by atoms with Crippen LogP contribution in [0.4, 0.5) is 0 Å². The SMILES string of the molecule is O=C(CNCC1CC1)NCC(c1cccc(Cl)c1)N1CCOCC1. The van der Waals surface area contributed by atoms with Crippen molar-refractivity contribution in [3.8, 4) is 0 Å². The number of benzene rings is 1. The Morgan fingerprint density at radius 3 is 2.83 bits per heavy atom. The first-order valence-electron chi connectivity index (χ1n) is 8.77. The van der Waals surface area contributed by atoms with Crippen LogP contribution in [0.25, 0.3) is 0 Å². The molecule has 1 saturated carbocycles. The maximum Gasteiger partial charge on any atom is 0.234 e. The number of morpholine rings is 1. The molecule has 3 rings (SSSR count). The number of nitrogens with one attached hydrogen (secondary N) is 2. The van der Waals surface area contributed by atoms with E-state index < -0.39 is 0 Å². The van der Waals surface area contributed by atoms with Crippen LogP contribution in [0.1, 0.15) is 24.4 Å². The van der Waals surface area contributed by atoms with Crippen LogP contribution in [-0.4, -0.2) is 56.7 Å². The number of hydrogen-bond acceptors (Lipinski definition) is 4. The molecule has 2 N–H and O–H groups in total. The summed E-state index contributed by atoms with van der Waals surface area (Å²) in [5.41, 5.74) is 1.13. The average Bonchev–Trinajstić information content (AvgIpc) is 3.40. The number of hydrogen-bond donors (Lipinski definition) is 2. The second-order valence-corrected chi connectivity index (χ2v) is 7.03. The van der Waals surface area contributed by atoms with Gasteiger partial charge >= 0.3 is 0 Å². The fourth-order valence-electron chi connectivity index (χ4n) is 3.05. The molecule has 1 unspecified atom stereocenters. The molecule has 132 valence electrons. The molecule has 5 nitrogen and oxygen atoms in total. The molecule has 1 amide bonds. The number of carbonyl (C=O) groups is 1. The van der Waals surface area contributed by atoms with E-state index in [2.05, 4.69) is 21.6 Å². The van der Waals surface area contributed by atoms with Crippen LogP contribution in [0.3, 0.4) is 0 Å². The minimum absolute atomic E-state index is 0.0518. The Kier molecular flexibility index (Phi) is 6.49. The number of nitrogens with zero attached hydrogens (tertiary/aromatic N) is 1. The zero-order valence-electron chi connectivity index (χ0n) is 14.0. The summed E-state index contributed by atoms with van der Waals surface area (Å²) in [4.78, 5) is 14.4. The number of amides is 1. The van der Waals surface area contributed by atoms with Crippen molar-refractivity contribution in [3.05, 3.63) is 34.9 Å². The van der Waals surface area contributed by atoms with Gasteiger partial charge in [-0.1, -0.05) is 23.7 Å². The number of halogens is 1. The predicted molar refractivity (Wildman–Crippen MR) is 95.2 cm³/mol. The number of ether oxygens (including phenoxy) is 1. The fourth-order valence-corrected chi connectivity index (χ4v) is 3.24. The Labute approximate surface area is 148 Å². The fraction of sp³-hybridized carbons (Fsp3) is 0.611. The van der Waals surface area contributed by atoms with Gasteiger partial charge in [0.1, 0.15) is 0 Å². The van der Waals surface area contributed by atoms with Gasteiger partial charge in [-0.15, -0.1) is 0 Å². The van der Waals surface area contributed by atoms with Crippen LogP contribution in [0, 0.1) is 5.92 Å². The van der Waals surface area contributed by atoms with Crippen molar-refractivity contribution in [3.63, 3.8) is 0 Å². The van der Waals surface area contributed by atoms with Crippen molar-refractivity contribution in [1.82, 2.24) is 15.5 Å². The van der Waals surface area contributed by atoms with Crippen LogP contribution in [0.2, 0.25) is 5.02 Å². The highest BCUT2D eigenvalue weighted by Crippen LogP contribution is 2.27. The first-order chi connectivity index (χ1) is 11.7. The normalized spacial score (nSPS) is 19.9. The van der Waals surface area contributed by atoms with E-state index in [1.807, 2.05) is 18.2 Å². The Bertz CT molecular complexity index is 545. The lowest BCUT2D eigenvalue weighted by Gasteiger charge is -2.35. The van der Waals surface area contributed by atoms with E-state index in [1.165, 1.54) is 12.8 Å². The van der Waals surface area contributed by atoms with Crippen LogP contribution in [0.5, 0.6) is 0 Å². The zero-order chi connectivity index (χ0) is 16.8. The first-order valence-corrected chi connectivity index (χ1v) is 9.15. The molecule has 0 aromatic heterocycles. The van der Waals surface area contributed by atoms with Gasteiger partial charge < -0.3 is 15.4 Å². The lowest BCUT2D eigenvalue weighted by atomic mass is 10.0. The molecule has 0 bridgehead atoms. The summed E-state index contributed by atoms with van der Waals surface area (Å²) in [6.45, 7) is 5.13. The van der Waals surface area contributed by atoms with Crippen molar-refractivity contribution in [2.45, 2.75) is 18.9 Å². The van der Waals surface area contributed by atoms with Crippen LogP contribution in [0.15, 0.2) is 24.3 Å². The van der Waals surface area contributed by atoms with Crippen LogP contribution < -0.4 is 10.6 Å². The van der Waals surface area contributed by atoms with Gasteiger partial charge in [-0.25, -0.2) is 0 Å². The smallest absolute Gasteiger partial charge is 0.234 e. The van der Waals surface area contributed by atoms with Gasteiger partial charge in [0, 0.05) is 24.7 Å². The third-order valence-electron chi connectivity index (χ3n) is 4.63. The molecule has 0 spiro atoms. The molecule has 1 atom stereocenters. The molecule has 1 aliphatic carbocycles. The highest BCUT2D eigenvalue weighted by atomic mass is 35.5.